The number of nitrogens with zero attached hydrogens (tertiary/aromatic N) is 2. The van der Waals surface area contributed by atoms with Crippen LogP contribution in [0.4, 0.5) is 5.82 Å². The van der Waals surface area contributed by atoms with Crippen molar-refractivity contribution in [2.24, 2.45) is 5.10 Å². The molecule has 5 nitrogen and oxygen atoms in total. The summed E-state index contributed by atoms with van der Waals surface area (Å²) in [6, 6.07) is 25.0. The average molecular weight is 366 g/mol. The number of nitrogen functional groups attached to an aromatic ring is 1. The van der Waals surface area contributed by atoms with Gasteiger partial charge in [-0.25, -0.2) is 10.4 Å². The number of nitrogens with one attached hydrogen (secondary N) is 1. The number of hydrazone groups is 1. The zero-order valence-corrected chi connectivity index (χ0v) is 15.0. The third-order valence-corrected chi connectivity index (χ3v) is 4.42. The van der Waals surface area contributed by atoms with E-state index in [0.717, 1.165) is 27.5 Å². The van der Waals surface area contributed by atoms with Crippen LogP contribution in [-0.4, -0.2) is 17.1 Å². The van der Waals surface area contributed by atoms with E-state index in [1.54, 1.807) is 18.5 Å². The lowest BCUT2D eigenvalue weighted by Crippen LogP contribution is -2.17. The Labute approximate surface area is 162 Å². The highest BCUT2D eigenvalue weighted by Gasteiger charge is 2.05. The van der Waals surface area contributed by atoms with Gasteiger partial charge < -0.3 is 5.73 Å². The first kappa shape index (κ1) is 17.4. The number of hydrogen-bond donors (Lipinski definition) is 2. The average Bonchev–Trinajstić information content (AvgIpc) is 2.74. The molecule has 4 rings (SSSR count). The molecule has 0 unspecified atom stereocenters. The normalized spacial score (nSPS) is 11.0. The highest BCUT2D eigenvalue weighted by molar-refractivity contribution is 5.99. The molecular weight excluding hydrogens is 348 g/mol. The number of fused-ring (bicyclic) bond motifs is 1. The van der Waals surface area contributed by atoms with Crippen LogP contribution in [-0.2, 0) is 0 Å². The van der Waals surface area contributed by atoms with Gasteiger partial charge in [-0.3, -0.25) is 4.79 Å². The maximum Gasteiger partial charge on any atom is 0.271 e. The molecule has 0 bridgehead atoms. The van der Waals surface area contributed by atoms with Gasteiger partial charge in [-0.05, 0) is 51.7 Å². The van der Waals surface area contributed by atoms with E-state index in [0.29, 0.717) is 11.4 Å². The Morgan fingerprint density at radius 3 is 2.46 bits per heavy atom. The second kappa shape index (κ2) is 7.72. The summed E-state index contributed by atoms with van der Waals surface area (Å²) in [5.41, 5.74) is 11.8. The fourth-order valence-corrected chi connectivity index (χ4v) is 2.95. The molecule has 5 heteroatoms. The number of carbonyl (C=O) groups excluding carboxylic acids is 1. The van der Waals surface area contributed by atoms with Crippen molar-refractivity contribution in [1.82, 2.24) is 10.4 Å². The number of hydrogen-bond acceptors (Lipinski definition) is 4. The van der Waals surface area contributed by atoms with Crippen LogP contribution in [0, 0.1) is 0 Å². The van der Waals surface area contributed by atoms with Gasteiger partial charge in [0, 0.05) is 11.8 Å². The largest absolute Gasteiger partial charge is 0.384 e. The minimum atomic E-state index is -0.245. The Kier molecular flexibility index (Phi) is 4.80. The first-order valence-electron chi connectivity index (χ1n) is 8.83. The highest BCUT2D eigenvalue weighted by atomic mass is 16.2. The monoisotopic (exact) mass is 366 g/mol. The molecule has 4 aromatic rings. The molecular formula is C23H18N4O. The van der Waals surface area contributed by atoms with Crippen LogP contribution in [0.1, 0.15) is 15.9 Å². The summed E-state index contributed by atoms with van der Waals surface area (Å²) in [5, 5.41) is 6.18. The minimum Gasteiger partial charge on any atom is -0.384 e. The van der Waals surface area contributed by atoms with Gasteiger partial charge in [-0.1, -0.05) is 54.6 Å². The van der Waals surface area contributed by atoms with Crippen molar-refractivity contribution >= 4 is 28.7 Å². The first-order valence-corrected chi connectivity index (χ1v) is 8.83. The highest BCUT2D eigenvalue weighted by Crippen LogP contribution is 2.20. The van der Waals surface area contributed by atoms with E-state index in [9.17, 15) is 4.79 Å². The molecule has 136 valence electrons. The van der Waals surface area contributed by atoms with E-state index in [1.165, 1.54) is 0 Å². The van der Waals surface area contributed by atoms with Crippen molar-refractivity contribution in [3.8, 4) is 11.1 Å². The van der Waals surface area contributed by atoms with Gasteiger partial charge in [-0.2, -0.15) is 5.10 Å². The zero-order valence-electron chi connectivity index (χ0n) is 15.0. The van der Waals surface area contributed by atoms with Gasteiger partial charge in [-0.15, -0.1) is 0 Å². The molecule has 0 saturated heterocycles. The molecule has 0 saturated carbocycles. The van der Waals surface area contributed by atoms with Crippen LogP contribution in [0.25, 0.3) is 21.9 Å². The van der Waals surface area contributed by atoms with Crippen molar-refractivity contribution in [3.05, 3.63) is 96.2 Å². The molecule has 0 fully saturated rings. The van der Waals surface area contributed by atoms with Gasteiger partial charge in [0.25, 0.3) is 5.91 Å². The fraction of sp³-hybridized carbons (Fsp3) is 0. The van der Waals surface area contributed by atoms with E-state index in [1.807, 2.05) is 72.8 Å². The molecule has 1 amide bonds. The molecule has 0 aliphatic heterocycles. The lowest BCUT2D eigenvalue weighted by atomic mass is 10.1. The number of carbonyl (C=O) groups is 1. The Balaban J connectivity index is 1.43. The van der Waals surface area contributed by atoms with E-state index in [-0.39, 0.29) is 5.91 Å². The summed E-state index contributed by atoms with van der Waals surface area (Å²) >= 11 is 0. The number of nitrogens with two attached hydrogens (primary N) is 1. The standard InChI is InChI=1S/C23H18N4O/c24-22-14-20(11-12-25-22)18-7-5-16(6-8-18)15-26-27-23(28)21-10-9-17-3-1-2-4-19(17)13-21/h1-15H,(H2,24,25)(H,27,28)/b26-15+. The number of amides is 1. The van der Waals surface area contributed by atoms with E-state index in [2.05, 4.69) is 15.5 Å². The molecule has 0 spiro atoms. The second-order valence-electron chi connectivity index (χ2n) is 6.35. The minimum absolute atomic E-state index is 0.245. The molecule has 0 aliphatic carbocycles. The molecule has 3 aromatic carbocycles. The number of aromatic nitrogens is 1. The van der Waals surface area contributed by atoms with Crippen LogP contribution in [0.15, 0.2) is 90.2 Å². The lowest BCUT2D eigenvalue weighted by molar-refractivity contribution is 0.0955. The third kappa shape index (κ3) is 3.88. The van der Waals surface area contributed by atoms with E-state index < -0.39 is 0 Å². The summed E-state index contributed by atoms with van der Waals surface area (Å²) in [5.74, 6) is 0.241. The van der Waals surface area contributed by atoms with Crippen LogP contribution in [0.3, 0.4) is 0 Å². The zero-order chi connectivity index (χ0) is 19.3. The van der Waals surface area contributed by atoms with Gasteiger partial charge in [0.05, 0.1) is 6.21 Å². The maximum atomic E-state index is 12.3. The van der Waals surface area contributed by atoms with Crippen LogP contribution in [0.5, 0.6) is 0 Å². The Morgan fingerprint density at radius 1 is 0.893 bits per heavy atom. The number of rotatable bonds is 4. The SMILES string of the molecule is Nc1cc(-c2ccc(/C=N/NC(=O)c3ccc4ccccc4c3)cc2)ccn1. The smallest absolute Gasteiger partial charge is 0.271 e. The van der Waals surface area contributed by atoms with Crippen molar-refractivity contribution in [2.75, 3.05) is 5.73 Å². The molecule has 3 N–H and O–H groups in total. The molecule has 0 atom stereocenters. The number of anilines is 1. The second-order valence-corrected chi connectivity index (χ2v) is 6.35. The topological polar surface area (TPSA) is 80.4 Å². The Morgan fingerprint density at radius 2 is 1.68 bits per heavy atom. The van der Waals surface area contributed by atoms with Crippen molar-refractivity contribution in [1.29, 1.82) is 0 Å². The van der Waals surface area contributed by atoms with Gasteiger partial charge in [0.1, 0.15) is 5.82 Å². The molecule has 0 aliphatic rings. The summed E-state index contributed by atoms with van der Waals surface area (Å²) in [6.45, 7) is 0. The Hall–Kier alpha value is -3.99. The van der Waals surface area contributed by atoms with Gasteiger partial charge >= 0.3 is 0 Å². The van der Waals surface area contributed by atoms with E-state index >= 15 is 0 Å². The quantitative estimate of drug-likeness (QED) is 0.418. The number of benzene rings is 3. The summed E-state index contributed by atoms with van der Waals surface area (Å²) in [4.78, 5) is 16.3. The maximum absolute atomic E-state index is 12.3. The molecule has 28 heavy (non-hydrogen) atoms. The molecule has 0 radical (unpaired) electrons. The van der Waals surface area contributed by atoms with Gasteiger partial charge in [0.15, 0.2) is 0 Å². The third-order valence-electron chi connectivity index (χ3n) is 4.42. The van der Waals surface area contributed by atoms with Crippen LogP contribution < -0.4 is 11.2 Å². The first-order chi connectivity index (χ1) is 13.7. The van der Waals surface area contributed by atoms with Crippen LogP contribution in [0.2, 0.25) is 0 Å². The van der Waals surface area contributed by atoms with Crippen molar-refractivity contribution in [2.45, 2.75) is 0 Å². The summed E-state index contributed by atoms with van der Waals surface area (Å²) in [6.07, 6.45) is 3.30. The predicted octanol–water partition coefficient (Wildman–Crippen LogP) is 4.25. The van der Waals surface area contributed by atoms with Crippen LogP contribution >= 0.6 is 0 Å². The molecule has 1 aromatic heterocycles. The lowest BCUT2D eigenvalue weighted by Gasteiger charge is -2.04. The van der Waals surface area contributed by atoms with Crippen molar-refractivity contribution in [3.63, 3.8) is 0 Å². The fourth-order valence-electron chi connectivity index (χ4n) is 2.95. The number of pyridine rings is 1. The summed E-state index contributed by atoms with van der Waals surface area (Å²) in [7, 11) is 0. The Bertz CT molecular complexity index is 1170. The summed E-state index contributed by atoms with van der Waals surface area (Å²) < 4.78 is 0. The van der Waals surface area contributed by atoms with Gasteiger partial charge in [0.2, 0.25) is 0 Å². The predicted molar refractivity (Wildman–Crippen MR) is 113 cm³/mol. The van der Waals surface area contributed by atoms with Crippen molar-refractivity contribution < 1.29 is 4.79 Å². The molecule has 1 heterocycles. The van der Waals surface area contributed by atoms with E-state index in [4.69, 9.17) is 5.73 Å².